The minimum Gasteiger partial charge on any atom is -0.507 e. The molecule has 1 saturated carbocycles. The Labute approximate surface area is 346 Å². The number of aromatic hydroxyl groups is 1. The number of hydrogen-bond acceptors (Lipinski definition) is 7. The minimum atomic E-state index is -4.76. The van der Waals surface area contributed by atoms with Gasteiger partial charge in [0.25, 0.3) is 11.8 Å². The van der Waals surface area contributed by atoms with Gasteiger partial charge in [-0.15, -0.1) is 0 Å². The molecule has 2 saturated heterocycles. The molecule has 2 N–H and O–H groups in total. The second kappa shape index (κ2) is 13.6. The first kappa shape index (κ1) is 37.6. The first-order chi connectivity index (χ1) is 27.2. The first-order valence-electron chi connectivity index (χ1n) is 17.9. The highest BCUT2D eigenvalue weighted by Crippen LogP contribution is 2.65. The van der Waals surface area contributed by atoms with E-state index in [-0.39, 0.29) is 30.3 Å². The molecule has 2 aliphatic heterocycles. The molecule has 0 radical (unpaired) electrons. The topological polar surface area (TPSA) is 120 Å². The number of nitrogens with one attached hydrogen (secondary N) is 1. The summed E-state index contributed by atoms with van der Waals surface area (Å²) in [6, 6.07) is 24.7. The Hall–Kier alpha value is -4.99. The van der Waals surface area contributed by atoms with Crippen molar-refractivity contribution in [2.75, 3.05) is 10.3 Å². The summed E-state index contributed by atoms with van der Waals surface area (Å²) < 4.78 is 41.5. The summed E-state index contributed by atoms with van der Waals surface area (Å²) in [6.07, 6.45) is -2.25. The molecule has 4 amide bonds. The number of hydrazine groups is 1. The van der Waals surface area contributed by atoms with Gasteiger partial charge in [0.15, 0.2) is 5.82 Å². The quantitative estimate of drug-likeness (QED) is 0.103. The van der Waals surface area contributed by atoms with Crippen LogP contribution >= 0.6 is 45.8 Å². The molecule has 5 aromatic rings. The van der Waals surface area contributed by atoms with E-state index in [0.717, 1.165) is 8.58 Å². The zero-order valence-electron chi connectivity index (χ0n) is 29.3. The van der Waals surface area contributed by atoms with Gasteiger partial charge in [-0.05, 0) is 94.8 Å². The molecule has 0 spiro atoms. The van der Waals surface area contributed by atoms with E-state index in [4.69, 9.17) is 23.2 Å². The van der Waals surface area contributed by atoms with Crippen molar-refractivity contribution in [3.63, 3.8) is 0 Å². The third-order valence-corrected chi connectivity index (χ3v) is 13.1. The summed E-state index contributed by atoms with van der Waals surface area (Å²) in [5.74, 6) is -7.56. The molecular weight excluding hydrogens is 895 g/mol. The average Bonchev–Trinajstić information content (AvgIpc) is 3.57. The number of carbonyl (C=O) groups is 4. The average molecular weight is 924 g/mol. The normalized spacial score (nSPS) is 25.7. The molecular formula is C42H28Cl2F3IN4O5. The predicted octanol–water partition coefficient (Wildman–Crippen LogP) is 9.06. The fraction of sp³-hybridized carbons (Fsp3) is 0.214. The second-order valence-corrected chi connectivity index (χ2v) is 16.7. The van der Waals surface area contributed by atoms with Crippen LogP contribution in [0.25, 0.3) is 10.8 Å². The maximum atomic E-state index is 15.5. The van der Waals surface area contributed by atoms with Crippen molar-refractivity contribution in [1.82, 2.24) is 9.99 Å². The largest absolute Gasteiger partial charge is 0.507 e. The zero-order chi connectivity index (χ0) is 40.1. The van der Waals surface area contributed by atoms with Crippen molar-refractivity contribution >= 4 is 91.7 Å². The Morgan fingerprint density at radius 2 is 1.60 bits per heavy atom. The maximum Gasteiger partial charge on any atom is 0.417 e. The number of pyridine rings is 1. The van der Waals surface area contributed by atoms with E-state index in [1.165, 1.54) is 4.90 Å². The van der Waals surface area contributed by atoms with Gasteiger partial charge in [-0.3, -0.25) is 29.5 Å². The number of allylic oxidation sites excluding steroid dienone is 2. The smallest absolute Gasteiger partial charge is 0.417 e. The number of anilines is 2. The van der Waals surface area contributed by atoms with Gasteiger partial charge in [0.2, 0.25) is 11.8 Å². The minimum absolute atomic E-state index is 0.0586. The summed E-state index contributed by atoms with van der Waals surface area (Å²) in [5.41, 5.74) is 1.40. The van der Waals surface area contributed by atoms with Gasteiger partial charge >= 0.3 is 6.18 Å². The number of amides is 4. The van der Waals surface area contributed by atoms with E-state index in [1.807, 2.05) is 18.2 Å². The number of alkyl halides is 3. The van der Waals surface area contributed by atoms with E-state index < -0.39 is 69.5 Å². The van der Waals surface area contributed by atoms with Crippen LogP contribution in [0.1, 0.15) is 35.4 Å². The fourth-order valence-corrected chi connectivity index (χ4v) is 10.2. The number of aromatic nitrogens is 1. The first-order valence-corrected chi connectivity index (χ1v) is 19.7. The number of rotatable bonds is 5. The van der Waals surface area contributed by atoms with Crippen molar-refractivity contribution < 1.29 is 37.5 Å². The van der Waals surface area contributed by atoms with E-state index in [2.05, 4.69) is 33.0 Å². The monoisotopic (exact) mass is 922 g/mol. The maximum absolute atomic E-state index is 15.5. The third kappa shape index (κ3) is 5.67. The van der Waals surface area contributed by atoms with E-state index in [9.17, 15) is 32.7 Å². The van der Waals surface area contributed by atoms with Crippen LogP contribution in [0.15, 0.2) is 109 Å². The SMILES string of the molecule is O=C1[C@@H]2C[C@@H]3C(=CC[C@@H]4C(=O)N(c5ccc(I)cc5)C(=O)[C@@H]43)[C@H](c3ccc4ccccc4c3O)[C@]2(c2ccc(Cl)cc2)C(=O)N1Nc1ncc(C(F)(F)F)cc1Cl. The van der Waals surface area contributed by atoms with Gasteiger partial charge in [-0.25, -0.2) is 4.98 Å². The van der Waals surface area contributed by atoms with Crippen molar-refractivity contribution in [2.24, 2.45) is 23.7 Å². The number of carbonyl (C=O) groups excluding carboxylic acids is 4. The van der Waals surface area contributed by atoms with Crippen LogP contribution in [0.3, 0.4) is 0 Å². The summed E-state index contributed by atoms with van der Waals surface area (Å²) >= 11 is 14.8. The predicted molar refractivity (Wildman–Crippen MR) is 214 cm³/mol. The van der Waals surface area contributed by atoms with Crippen LogP contribution in [0.2, 0.25) is 10.0 Å². The Morgan fingerprint density at radius 3 is 2.30 bits per heavy atom. The lowest BCUT2D eigenvalue weighted by atomic mass is 9.49. The second-order valence-electron chi connectivity index (χ2n) is 14.6. The molecule has 15 heteroatoms. The van der Waals surface area contributed by atoms with Crippen LogP contribution in [-0.4, -0.2) is 38.7 Å². The van der Waals surface area contributed by atoms with Gasteiger partial charge < -0.3 is 5.11 Å². The molecule has 4 aliphatic rings. The number of phenolic OH excluding ortho intramolecular Hbond substituents is 1. The van der Waals surface area contributed by atoms with Gasteiger partial charge in [-0.1, -0.05) is 83.4 Å². The molecule has 9 rings (SSSR count). The number of fused-ring (bicyclic) bond motifs is 5. The fourth-order valence-electron chi connectivity index (χ4n) is 9.48. The van der Waals surface area contributed by atoms with Crippen LogP contribution in [0, 0.1) is 27.2 Å². The van der Waals surface area contributed by atoms with Crippen molar-refractivity contribution in [3.8, 4) is 5.75 Å². The summed E-state index contributed by atoms with van der Waals surface area (Å²) in [6.45, 7) is 0. The lowest BCUT2D eigenvalue weighted by molar-refractivity contribution is -0.139. The molecule has 9 nitrogen and oxygen atoms in total. The van der Waals surface area contributed by atoms with Crippen molar-refractivity contribution in [2.45, 2.75) is 30.4 Å². The molecule has 4 aromatic carbocycles. The van der Waals surface area contributed by atoms with Crippen LogP contribution in [0.4, 0.5) is 24.7 Å². The van der Waals surface area contributed by atoms with E-state index in [0.29, 0.717) is 50.4 Å². The van der Waals surface area contributed by atoms with E-state index >= 15 is 4.79 Å². The van der Waals surface area contributed by atoms with Gasteiger partial charge in [0.1, 0.15) is 5.75 Å². The molecule has 6 atom stereocenters. The summed E-state index contributed by atoms with van der Waals surface area (Å²) in [5, 5.41) is 14.0. The number of halogens is 6. The molecule has 3 heterocycles. The highest BCUT2D eigenvalue weighted by Gasteiger charge is 2.70. The number of phenols is 1. The lowest BCUT2D eigenvalue weighted by Crippen LogP contribution is -2.53. The number of imide groups is 2. The standard InChI is InChI=1S/C42H28Cl2F3IN4O5/c43-23-8-6-21(7-9-23)41-31(38(55)52(40(41)57)50-36-32(44)17-22(19-49-36)42(45,46)47)18-30-27(34(41)29-14-5-20-3-1-2-4-26(20)35(29)53)15-16-28-33(30)39(56)51(37(28)54)25-12-10-24(48)11-13-25/h1-15,17,19,28,30-31,33-34,53H,16,18H2,(H,49,50)/t28-,30+,31-,33-,34+,41+/m0/s1. The molecule has 57 heavy (non-hydrogen) atoms. The van der Waals surface area contributed by atoms with Gasteiger partial charge in [0.05, 0.1) is 39.4 Å². The highest BCUT2D eigenvalue weighted by molar-refractivity contribution is 14.1. The number of benzene rings is 4. The molecule has 0 bridgehead atoms. The van der Waals surface area contributed by atoms with Crippen molar-refractivity contribution in [3.05, 3.63) is 139 Å². The Morgan fingerprint density at radius 1 is 0.877 bits per heavy atom. The Kier molecular flexibility index (Phi) is 8.94. The molecule has 1 aromatic heterocycles. The Bertz CT molecular complexity index is 2590. The van der Waals surface area contributed by atoms with Crippen LogP contribution < -0.4 is 10.3 Å². The Balaban J connectivity index is 1.25. The lowest BCUT2D eigenvalue weighted by Gasteiger charge is -2.50. The van der Waals surface area contributed by atoms with Gasteiger partial charge in [0, 0.05) is 31.7 Å². The summed E-state index contributed by atoms with van der Waals surface area (Å²) in [4.78, 5) is 64.1. The summed E-state index contributed by atoms with van der Waals surface area (Å²) in [7, 11) is 0. The molecule has 0 unspecified atom stereocenters. The van der Waals surface area contributed by atoms with Crippen molar-refractivity contribution in [1.29, 1.82) is 0 Å². The van der Waals surface area contributed by atoms with E-state index in [1.54, 1.807) is 72.8 Å². The van der Waals surface area contributed by atoms with Crippen LogP contribution in [-0.2, 0) is 30.8 Å². The molecule has 2 aliphatic carbocycles. The molecule has 288 valence electrons. The van der Waals surface area contributed by atoms with Crippen LogP contribution in [0.5, 0.6) is 5.75 Å². The number of hydrogen-bond donors (Lipinski definition) is 2. The number of nitrogens with zero attached hydrogens (tertiary/aromatic N) is 3. The molecule has 3 fully saturated rings. The zero-order valence-corrected chi connectivity index (χ0v) is 33.0. The third-order valence-electron chi connectivity index (χ3n) is 11.9. The highest BCUT2D eigenvalue weighted by atomic mass is 127. The van der Waals surface area contributed by atoms with Gasteiger partial charge in [-0.2, -0.15) is 18.2 Å².